The van der Waals surface area contributed by atoms with Crippen LogP contribution in [0.2, 0.25) is 0 Å². The van der Waals surface area contributed by atoms with Crippen molar-refractivity contribution < 1.29 is 0 Å². The summed E-state index contributed by atoms with van der Waals surface area (Å²) in [5.74, 6) is 0. The molecule has 1 nitrogen and oxygen atoms in total. The Balaban J connectivity index is 2.28. The monoisotopic (exact) mass is 167 g/mol. The molecule has 1 unspecified atom stereocenters. The number of rotatable bonds is 4. The van der Waals surface area contributed by atoms with E-state index in [4.69, 9.17) is 5.73 Å². The van der Waals surface area contributed by atoms with Crippen LogP contribution in [-0.2, 0) is 0 Å². The van der Waals surface area contributed by atoms with Gasteiger partial charge in [-0.05, 0) is 24.4 Å². The van der Waals surface area contributed by atoms with Gasteiger partial charge >= 0.3 is 0 Å². The van der Waals surface area contributed by atoms with Gasteiger partial charge in [0.25, 0.3) is 0 Å². The smallest absolute Gasteiger partial charge is 0.00739 e. The molecular formula is C9H14NP. The SMILES string of the molecule is NCCCPc1ccccc1. The van der Waals surface area contributed by atoms with E-state index in [9.17, 15) is 0 Å². The predicted molar refractivity (Wildman–Crippen MR) is 52.9 cm³/mol. The first kappa shape index (κ1) is 8.70. The van der Waals surface area contributed by atoms with Gasteiger partial charge in [-0.2, -0.15) is 0 Å². The van der Waals surface area contributed by atoms with Gasteiger partial charge in [0, 0.05) is 0 Å². The molecule has 0 amide bonds. The predicted octanol–water partition coefficient (Wildman–Crippen LogP) is 1.34. The number of nitrogens with two attached hydrogens (primary N) is 1. The molecule has 0 radical (unpaired) electrons. The van der Waals surface area contributed by atoms with E-state index in [2.05, 4.69) is 30.3 Å². The third kappa shape index (κ3) is 3.50. The number of benzene rings is 1. The van der Waals surface area contributed by atoms with Crippen molar-refractivity contribution in [1.29, 1.82) is 0 Å². The highest BCUT2D eigenvalue weighted by atomic mass is 31.1. The summed E-state index contributed by atoms with van der Waals surface area (Å²) in [6.07, 6.45) is 2.38. The molecular weight excluding hydrogens is 153 g/mol. The largest absolute Gasteiger partial charge is 0.330 e. The summed E-state index contributed by atoms with van der Waals surface area (Å²) < 4.78 is 0. The average molecular weight is 167 g/mol. The van der Waals surface area contributed by atoms with E-state index in [1.807, 2.05) is 0 Å². The van der Waals surface area contributed by atoms with Crippen molar-refractivity contribution in [3.8, 4) is 0 Å². The maximum absolute atomic E-state index is 5.40. The fraction of sp³-hybridized carbons (Fsp3) is 0.333. The molecule has 0 fully saturated rings. The first-order valence-corrected chi connectivity index (χ1v) is 5.13. The normalized spacial score (nSPS) is 11.0. The number of hydrogen-bond donors (Lipinski definition) is 1. The third-order valence-electron chi connectivity index (χ3n) is 1.48. The zero-order valence-electron chi connectivity index (χ0n) is 6.59. The van der Waals surface area contributed by atoms with Gasteiger partial charge in [0.2, 0.25) is 0 Å². The molecule has 0 aromatic heterocycles. The highest BCUT2D eigenvalue weighted by Gasteiger charge is 1.88. The van der Waals surface area contributed by atoms with Crippen LogP contribution in [0, 0.1) is 0 Å². The van der Waals surface area contributed by atoms with E-state index in [0.717, 1.165) is 21.5 Å². The minimum Gasteiger partial charge on any atom is -0.330 e. The van der Waals surface area contributed by atoms with Crippen LogP contribution in [0.4, 0.5) is 0 Å². The Hall–Kier alpha value is -0.390. The topological polar surface area (TPSA) is 26.0 Å². The molecule has 0 heterocycles. The van der Waals surface area contributed by atoms with E-state index >= 15 is 0 Å². The van der Waals surface area contributed by atoms with Crippen molar-refractivity contribution in [3.05, 3.63) is 30.3 Å². The second-order valence-corrected chi connectivity index (χ2v) is 3.87. The van der Waals surface area contributed by atoms with Crippen LogP contribution < -0.4 is 11.0 Å². The van der Waals surface area contributed by atoms with Crippen LogP contribution >= 0.6 is 8.58 Å². The van der Waals surface area contributed by atoms with Crippen LogP contribution in [0.1, 0.15) is 6.42 Å². The van der Waals surface area contributed by atoms with Crippen LogP contribution in [-0.4, -0.2) is 12.7 Å². The molecule has 2 N–H and O–H groups in total. The molecule has 0 saturated heterocycles. The lowest BCUT2D eigenvalue weighted by molar-refractivity contribution is 0.942. The molecule has 1 atom stereocenters. The molecule has 60 valence electrons. The van der Waals surface area contributed by atoms with E-state index in [1.165, 1.54) is 11.5 Å². The van der Waals surface area contributed by atoms with E-state index in [-0.39, 0.29) is 0 Å². The van der Waals surface area contributed by atoms with Gasteiger partial charge in [0.15, 0.2) is 0 Å². The highest BCUT2D eigenvalue weighted by molar-refractivity contribution is 7.47. The molecule has 0 aliphatic heterocycles. The van der Waals surface area contributed by atoms with Crippen LogP contribution in [0.3, 0.4) is 0 Å². The van der Waals surface area contributed by atoms with E-state index in [0.29, 0.717) is 0 Å². The minimum atomic E-state index is 0.819. The lowest BCUT2D eigenvalue weighted by Gasteiger charge is -1.98. The van der Waals surface area contributed by atoms with E-state index in [1.54, 1.807) is 0 Å². The molecule has 1 aromatic rings. The van der Waals surface area contributed by atoms with E-state index < -0.39 is 0 Å². The Kier molecular flexibility index (Phi) is 4.18. The van der Waals surface area contributed by atoms with Crippen LogP contribution in [0.25, 0.3) is 0 Å². The maximum Gasteiger partial charge on any atom is -0.00739 e. The quantitative estimate of drug-likeness (QED) is 0.531. The van der Waals surface area contributed by atoms with Crippen LogP contribution in [0.5, 0.6) is 0 Å². The van der Waals surface area contributed by atoms with Crippen molar-refractivity contribution in [2.45, 2.75) is 6.42 Å². The highest BCUT2D eigenvalue weighted by Crippen LogP contribution is 2.09. The Morgan fingerprint density at radius 3 is 2.55 bits per heavy atom. The molecule has 0 bridgehead atoms. The Morgan fingerprint density at radius 2 is 1.91 bits per heavy atom. The minimum absolute atomic E-state index is 0.819. The first-order chi connectivity index (χ1) is 5.43. The molecule has 2 heteroatoms. The van der Waals surface area contributed by atoms with Gasteiger partial charge in [0.1, 0.15) is 0 Å². The summed E-state index contributed by atoms with van der Waals surface area (Å²) in [5, 5.41) is 1.45. The van der Waals surface area contributed by atoms with Crippen molar-refractivity contribution in [3.63, 3.8) is 0 Å². The molecule has 1 rings (SSSR count). The molecule has 0 aliphatic rings. The Labute approximate surface area is 69.8 Å². The summed E-state index contributed by atoms with van der Waals surface area (Å²) >= 11 is 0. The van der Waals surface area contributed by atoms with Gasteiger partial charge in [-0.3, -0.25) is 0 Å². The van der Waals surface area contributed by atoms with Gasteiger partial charge < -0.3 is 5.73 Å². The van der Waals surface area contributed by atoms with Crippen molar-refractivity contribution in [1.82, 2.24) is 0 Å². The average Bonchev–Trinajstić information content (AvgIpc) is 2.07. The fourth-order valence-electron chi connectivity index (χ4n) is 0.891. The Bertz CT molecular complexity index is 186. The summed E-state index contributed by atoms with van der Waals surface area (Å²) in [7, 11) is 0.931. The van der Waals surface area contributed by atoms with Gasteiger partial charge in [-0.1, -0.05) is 38.9 Å². The van der Waals surface area contributed by atoms with Gasteiger partial charge in [-0.25, -0.2) is 0 Å². The summed E-state index contributed by atoms with van der Waals surface area (Å²) in [6.45, 7) is 0.819. The maximum atomic E-state index is 5.40. The fourth-order valence-corrected chi connectivity index (χ4v) is 1.99. The van der Waals surface area contributed by atoms with Crippen molar-refractivity contribution >= 4 is 13.9 Å². The second-order valence-electron chi connectivity index (χ2n) is 2.44. The lowest BCUT2D eigenvalue weighted by Crippen LogP contribution is -2.01. The summed E-state index contributed by atoms with van der Waals surface area (Å²) in [4.78, 5) is 0. The standard InChI is InChI=1S/C9H14NP/c10-7-4-8-11-9-5-2-1-3-6-9/h1-3,5-6,11H,4,7-8,10H2. The molecule has 0 spiro atoms. The first-order valence-electron chi connectivity index (χ1n) is 3.92. The van der Waals surface area contributed by atoms with Gasteiger partial charge in [-0.15, -0.1) is 0 Å². The van der Waals surface area contributed by atoms with Gasteiger partial charge in [0.05, 0.1) is 0 Å². The zero-order valence-corrected chi connectivity index (χ0v) is 7.59. The number of hydrogen-bond acceptors (Lipinski definition) is 1. The molecule has 1 aromatic carbocycles. The molecule has 0 aliphatic carbocycles. The third-order valence-corrected chi connectivity index (χ3v) is 2.83. The van der Waals surface area contributed by atoms with Crippen molar-refractivity contribution in [2.24, 2.45) is 5.73 Å². The molecule has 11 heavy (non-hydrogen) atoms. The summed E-state index contributed by atoms with van der Waals surface area (Å²) in [6, 6.07) is 10.6. The van der Waals surface area contributed by atoms with Crippen molar-refractivity contribution in [2.75, 3.05) is 12.7 Å². The summed E-state index contributed by atoms with van der Waals surface area (Å²) in [5.41, 5.74) is 5.40. The Morgan fingerprint density at radius 1 is 1.18 bits per heavy atom. The zero-order chi connectivity index (χ0) is 7.94. The van der Waals surface area contributed by atoms with Crippen LogP contribution in [0.15, 0.2) is 30.3 Å². The second kappa shape index (κ2) is 5.29. The lowest BCUT2D eigenvalue weighted by atomic mass is 10.4. The molecule has 0 saturated carbocycles.